The fraction of sp³-hybridized carbons (Fsp3) is 0.500. The van der Waals surface area contributed by atoms with E-state index in [-0.39, 0.29) is 17.2 Å². The summed E-state index contributed by atoms with van der Waals surface area (Å²) in [4.78, 5) is 16.8. The van der Waals surface area contributed by atoms with Crippen LogP contribution in [0.3, 0.4) is 0 Å². The number of ether oxygens (including phenoxy) is 1. The van der Waals surface area contributed by atoms with Crippen molar-refractivity contribution in [1.82, 2.24) is 20.1 Å². The topological polar surface area (TPSA) is 69.0 Å². The molecule has 1 saturated carbocycles. The van der Waals surface area contributed by atoms with E-state index in [0.717, 1.165) is 24.4 Å². The number of hydrogen-bond donors (Lipinski definition) is 1. The van der Waals surface area contributed by atoms with Gasteiger partial charge in [0.25, 0.3) is 0 Å². The molecule has 126 valence electrons. The third-order valence-corrected chi connectivity index (χ3v) is 5.56. The van der Waals surface area contributed by atoms with Crippen molar-refractivity contribution < 1.29 is 9.53 Å². The van der Waals surface area contributed by atoms with Gasteiger partial charge in [-0.15, -0.1) is 0 Å². The Morgan fingerprint density at radius 1 is 1.42 bits per heavy atom. The van der Waals surface area contributed by atoms with Crippen LogP contribution in [0.4, 0.5) is 0 Å². The number of rotatable bonds is 3. The Bertz CT molecular complexity index is 813. The summed E-state index contributed by atoms with van der Waals surface area (Å²) in [5, 5.41) is 7.04. The smallest absolute Gasteiger partial charge is 0.224 e. The van der Waals surface area contributed by atoms with Gasteiger partial charge in [-0.25, -0.2) is 4.98 Å². The first-order valence-electron chi connectivity index (χ1n) is 8.36. The Hall–Kier alpha value is -2.37. The summed E-state index contributed by atoms with van der Waals surface area (Å²) in [6, 6.07) is 4.32. The minimum atomic E-state index is -0.0456. The van der Waals surface area contributed by atoms with Gasteiger partial charge in [0.2, 0.25) is 5.91 Å². The van der Waals surface area contributed by atoms with Gasteiger partial charge in [-0.2, -0.15) is 5.10 Å². The minimum absolute atomic E-state index is 0.0236. The Morgan fingerprint density at radius 2 is 2.21 bits per heavy atom. The summed E-state index contributed by atoms with van der Waals surface area (Å²) in [7, 11) is 1.83. The molecule has 0 bridgehead atoms. The highest BCUT2D eigenvalue weighted by atomic mass is 16.5. The number of fused-ring (bicyclic) bond motifs is 2. The second kappa shape index (κ2) is 5.33. The number of carbonyl (C=O) groups is 1. The van der Waals surface area contributed by atoms with Gasteiger partial charge in [0.1, 0.15) is 17.9 Å². The number of hydrogen-bond acceptors (Lipinski definition) is 4. The maximum atomic E-state index is 12.6. The molecule has 2 aliphatic rings. The van der Waals surface area contributed by atoms with Crippen LogP contribution in [-0.4, -0.2) is 27.3 Å². The second-order valence-electron chi connectivity index (χ2n) is 6.96. The number of carbonyl (C=O) groups excluding carboxylic acids is 1. The fourth-order valence-electron chi connectivity index (χ4n) is 3.77. The third-order valence-electron chi connectivity index (χ3n) is 5.56. The van der Waals surface area contributed by atoms with Crippen molar-refractivity contribution in [2.24, 2.45) is 13.0 Å². The summed E-state index contributed by atoms with van der Waals surface area (Å²) in [6.45, 7) is 5.31. The molecule has 2 atom stereocenters. The molecular weight excluding hydrogens is 304 g/mol. The van der Waals surface area contributed by atoms with E-state index in [9.17, 15) is 4.79 Å². The van der Waals surface area contributed by atoms with Crippen molar-refractivity contribution in [1.29, 1.82) is 0 Å². The molecule has 0 saturated heterocycles. The highest BCUT2D eigenvalue weighted by molar-refractivity contribution is 5.84. The monoisotopic (exact) mass is 326 g/mol. The maximum absolute atomic E-state index is 12.6. The van der Waals surface area contributed by atoms with Gasteiger partial charge in [0, 0.05) is 23.9 Å². The molecule has 4 rings (SSSR count). The van der Waals surface area contributed by atoms with Crippen molar-refractivity contribution in [3.05, 3.63) is 41.0 Å². The molecule has 1 amide bonds. The lowest BCUT2D eigenvalue weighted by molar-refractivity contribution is -0.123. The Labute approximate surface area is 141 Å². The van der Waals surface area contributed by atoms with Crippen molar-refractivity contribution in [3.8, 4) is 5.75 Å². The van der Waals surface area contributed by atoms with Crippen LogP contribution in [0.25, 0.3) is 0 Å². The number of aryl methyl sites for hydroxylation is 3. The van der Waals surface area contributed by atoms with Gasteiger partial charge in [-0.05, 0) is 43.9 Å². The highest BCUT2D eigenvalue weighted by Gasteiger charge is 2.61. The van der Waals surface area contributed by atoms with E-state index >= 15 is 0 Å². The quantitative estimate of drug-likeness (QED) is 0.934. The van der Waals surface area contributed by atoms with Gasteiger partial charge in [0.05, 0.1) is 13.2 Å². The summed E-state index contributed by atoms with van der Waals surface area (Å²) >= 11 is 0. The molecule has 1 aliphatic heterocycles. The van der Waals surface area contributed by atoms with Gasteiger partial charge in [0.15, 0.2) is 0 Å². The number of nitrogens with one attached hydrogen (secondary N) is 1. The molecule has 6 nitrogen and oxygen atoms in total. The molecule has 1 spiro atoms. The molecule has 0 unspecified atom stereocenters. The fourth-order valence-corrected chi connectivity index (χ4v) is 3.77. The minimum Gasteiger partial charge on any atom is -0.493 e. The van der Waals surface area contributed by atoms with E-state index in [1.54, 1.807) is 4.68 Å². The first-order valence-corrected chi connectivity index (χ1v) is 8.36. The molecular formula is C18H22N4O2. The summed E-state index contributed by atoms with van der Waals surface area (Å²) in [6.07, 6.45) is 3.31. The van der Waals surface area contributed by atoms with Gasteiger partial charge in [-0.3, -0.25) is 9.48 Å². The van der Waals surface area contributed by atoms with Crippen LogP contribution in [0.5, 0.6) is 5.75 Å². The van der Waals surface area contributed by atoms with Gasteiger partial charge < -0.3 is 10.1 Å². The van der Waals surface area contributed by atoms with E-state index in [4.69, 9.17) is 4.74 Å². The lowest BCUT2D eigenvalue weighted by atomic mass is 9.85. The summed E-state index contributed by atoms with van der Waals surface area (Å²) in [5.41, 5.74) is 3.64. The van der Waals surface area contributed by atoms with Crippen LogP contribution in [-0.2, 0) is 23.8 Å². The molecule has 1 aliphatic carbocycles. The van der Waals surface area contributed by atoms with E-state index in [2.05, 4.69) is 41.4 Å². The predicted octanol–water partition coefficient (Wildman–Crippen LogP) is 1.79. The van der Waals surface area contributed by atoms with Crippen LogP contribution >= 0.6 is 0 Å². The van der Waals surface area contributed by atoms with Crippen LogP contribution in [0.2, 0.25) is 0 Å². The Kier molecular flexibility index (Phi) is 3.37. The number of amides is 1. The molecule has 6 heteroatoms. The van der Waals surface area contributed by atoms with Gasteiger partial charge >= 0.3 is 0 Å². The molecule has 2 heterocycles. The molecule has 1 aromatic carbocycles. The molecule has 1 fully saturated rings. The van der Waals surface area contributed by atoms with Crippen LogP contribution in [0.1, 0.15) is 35.4 Å². The molecule has 1 N–H and O–H groups in total. The highest BCUT2D eigenvalue weighted by Crippen LogP contribution is 2.61. The van der Waals surface area contributed by atoms with Crippen LogP contribution in [0.15, 0.2) is 18.5 Å². The predicted molar refractivity (Wildman–Crippen MR) is 88.7 cm³/mol. The standard InChI is InChI=1S/C18H22N4O2/c1-11-6-13-15(7-12(11)2)24-5-4-18(13)8-14(18)17(23)19-9-16-20-10-21-22(16)3/h6-7,10,14H,4-5,8-9H2,1-3H3,(H,19,23)/t14-,18-/m0/s1. The lowest BCUT2D eigenvalue weighted by Gasteiger charge is -2.28. The normalized spacial score (nSPS) is 24.4. The Balaban J connectivity index is 1.52. The van der Waals surface area contributed by atoms with E-state index in [1.807, 2.05) is 7.05 Å². The van der Waals surface area contributed by atoms with Crippen molar-refractivity contribution in [2.45, 2.75) is 38.6 Å². The molecule has 0 radical (unpaired) electrons. The van der Waals surface area contributed by atoms with Crippen LogP contribution < -0.4 is 10.1 Å². The summed E-state index contributed by atoms with van der Waals surface area (Å²) < 4.78 is 7.52. The SMILES string of the molecule is Cc1cc2c(cc1C)[C@]1(CCO2)C[C@H]1C(=O)NCc1ncnn1C. The van der Waals surface area contributed by atoms with Crippen LogP contribution in [0, 0.1) is 19.8 Å². The average Bonchev–Trinajstić information content (AvgIpc) is 3.12. The molecule has 24 heavy (non-hydrogen) atoms. The summed E-state index contributed by atoms with van der Waals surface area (Å²) in [5.74, 6) is 1.84. The van der Waals surface area contributed by atoms with Crippen molar-refractivity contribution >= 4 is 5.91 Å². The maximum Gasteiger partial charge on any atom is 0.224 e. The molecule has 2 aromatic rings. The zero-order valence-electron chi connectivity index (χ0n) is 14.3. The van der Waals surface area contributed by atoms with E-state index in [1.165, 1.54) is 23.0 Å². The van der Waals surface area contributed by atoms with E-state index in [0.29, 0.717) is 13.2 Å². The van der Waals surface area contributed by atoms with E-state index < -0.39 is 0 Å². The van der Waals surface area contributed by atoms with Crippen molar-refractivity contribution in [2.75, 3.05) is 6.61 Å². The van der Waals surface area contributed by atoms with Crippen molar-refractivity contribution in [3.63, 3.8) is 0 Å². The second-order valence-corrected chi connectivity index (χ2v) is 6.96. The lowest BCUT2D eigenvalue weighted by Crippen LogP contribution is -2.31. The van der Waals surface area contributed by atoms with Gasteiger partial charge in [-0.1, -0.05) is 6.07 Å². The zero-order chi connectivity index (χ0) is 16.9. The zero-order valence-corrected chi connectivity index (χ0v) is 14.3. The first-order chi connectivity index (χ1) is 11.5. The molecule has 1 aromatic heterocycles. The third kappa shape index (κ3) is 2.28. The number of benzene rings is 1. The Morgan fingerprint density at radius 3 is 2.96 bits per heavy atom. The largest absolute Gasteiger partial charge is 0.493 e. The number of nitrogens with zero attached hydrogens (tertiary/aromatic N) is 3. The first kappa shape index (κ1) is 15.2. The average molecular weight is 326 g/mol. The number of aromatic nitrogens is 3.